The average molecular weight is 780 g/mol. The van der Waals surface area contributed by atoms with Crippen LogP contribution in [0.1, 0.15) is 80.1 Å². The summed E-state index contributed by atoms with van der Waals surface area (Å²) in [5, 5.41) is 0. The van der Waals surface area contributed by atoms with E-state index in [4.69, 9.17) is 0 Å². The third kappa shape index (κ3) is 27.3. The van der Waals surface area contributed by atoms with Crippen molar-refractivity contribution in [3.05, 3.63) is 0 Å². The Kier molecular flexibility index (Phi) is 37.9. The molecular formula is C28H68Br4N4. The number of hydrogen-bond acceptors (Lipinski definition) is 0. The van der Waals surface area contributed by atoms with Crippen molar-refractivity contribution in [2.24, 2.45) is 0 Å². The van der Waals surface area contributed by atoms with Crippen molar-refractivity contribution in [2.45, 2.75) is 80.1 Å². The summed E-state index contributed by atoms with van der Waals surface area (Å²) in [5.41, 5.74) is 0. The predicted molar refractivity (Wildman–Crippen MR) is 147 cm³/mol. The highest BCUT2D eigenvalue weighted by molar-refractivity contribution is 4.45. The molecule has 0 spiro atoms. The Labute approximate surface area is 272 Å². The molecule has 0 fully saturated rings. The third-order valence-electron chi connectivity index (χ3n) is 7.58. The van der Waals surface area contributed by atoms with Gasteiger partial charge in [-0.05, 0) is 40.5 Å². The first-order valence-corrected chi connectivity index (χ1v) is 14.1. The van der Waals surface area contributed by atoms with Crippen molar-refractivity contribution in [2.75, 3.05) is 108 Å². The van der Waals surface area contributed by atoms with Crippen LogP contribution in [-0.2, 0) is 0 Å². The molecule has 8 heteroatoms. The van der Waals surface area contributed by atoms with Gasteiger partial charge in [0.2, 0.25) is 0 Å². The highest BCUT2D eigenvalue weighted by Crippen LogP contribution is 2.12. The van der Waals surface area contributed by atoms with Gasteiger partial charge in [0.1, 0.15) is 0 Å². The van der Waals surface area contributed by atoms with Gasteiger partial charge in [-0.1, -0.05) is 26.7 Å². The SMILES string of the molecule is CCCC[N+](CC)(CC)CCC[N+](C)(C)C.CCCC[N+](CC)(CC)CCC[N+](C)(C)C.[Br-].[Br-].[Br-].[Br-]. The van der Waals surface area contributed by atoms with E-state index in [0.717, 1.165) is 8.97 Å². The molecule has 0 N–H and O–H groups in total. The van der Waals surface area contributed by atoms with E-state index in [1.165, 1.54) is 113 Å². The monoisotopic (exact) mass is 776 g/mol. The summed E-state index contributed by atoms with van der Waals surface area (Å²) in [7, 11) is 13.7. The average Bonchev–Trinajstić information content (AvgIpc) is 2.72. The number of unbranched alkanes of at least 4 members (excludes halogenated alkanes) is 2. The maximum absolute atomic E-state index is 2.35. The van der Waals surface area contributed by atoms with Crippen LogP contribution in [0.3, 0.4) is 0 Å². The highest BCUT2D eigenvalue weighted by Gasteiger charge is 2.24. The first-order chi connectivity index (χ1) is 14.8. The standard InChI is InChI=1S/2C14H34N2.4BrH/c2*1-7-10-13-16(8-2,9-3)14-11-12-15(4,5)6;;;;/h2*7-14H2,1-6H3;4*1H/q2*+2;;;;/p-4. The zero-order valence-electron chi connectivity index (χ0n) is 26.6. The van der Waals surface area contributed by atoms with Gasteiger partial charge >= 0.3 is 0 Å². The maximum Gasteiger partial charge on any atom is 0.0840 e. The number of nitrogens with zero attached hydrogens (tertiary/aromatic N) is 4. The molecule has 0 aliphatic rings. The molecule has 36 heavy (non-hydrogen) atoms. The van der Waals surface area contributed by atoms with E-state index in [-0.39, 0.29) is 67.9 Å². The molecule has 0 atom stereocenters. The van der Waals surface area contributed by atoms with E-state index >= 15 is 0 Å². The van der Waals surface area contributed by atoms with Gasteiger partial charge in [0.15, 0.2) is 0 Å². The molecule has 0 rings (SSSR count). The predicted octanol–water partition coefficient (Wildman–Crippen LogP) is -6.51. The molecule has 0 heterocycles. The zero-order chi connectivity index (χ0) is 25.3. The van der Waals surface area contributed by atoms with Gasteiger partial charge < -0.3 is 85.9 Å². The first-order valence-electron chi connectivity index (χ1n) is 14.1. The van der Waals surface area contributed by atoms with Crippen LogP contribution in [-0.4, -0.2) is 126 Å². The molecule has 0 aliphatic carbocycles. The fraction of sp³-hybridized carbons (Fsp3) is 1.00. The van der Waals surface area contributed by atoms with E-state index < -0.39 is 0 Å². The second-order valence-corrected chi connectivity index (χ2v) is 12.3. The van der Waals surface area contributed by atoms with Crippen molar-refractivity contribution in [3.63, 3.8) is 0 Å². The lowest BCUT2D eigenvalue weighted by Gasteiger charge is -2.37. The summed E-state index contributed by atoms with van der Waals surface area (Å²) >= 11 is 0. The van der Waals surface area contributed by atoms with Crippen molar-refractivity contribution >= 4 is 0 Å². The summed E-state index contributed by atoms with van der Waals surface area (Å²) in [6, 6.07) is 0. The topological polar surface area (TPSA) is 0 Å². The fourth-order valence-electron chi connectivity index (χ4n) is 4.68. The molecule has 0 aromatic carbocycles. The number of rotatable bonds is 18. The number of halogens is 4. The van der Waals surface area contributed by atoms with E-state index in [2.05, 4.69) is 83.8 Å². The number of quaternary nitrogens is 4. The molecule has 0 aliphatic heterocycles. The van der Waals surface area contributed by atoms with Crippen LogP contribution in [0.5, 0.6) is 0 Å². The molecule has 0 amide bonds. The van der Waals surface area contributed by atoms with E-state index in [0.29, 0.717) is 0 Å². The van der Waals surface area contributed by atoms with Crippen LogP contribution in [0.15, 0.2) is 0 Å². The Morgan fingerprint density at radius 2 is 0.556 bits per heavy atom. The minimum absolute atomic E-state index is 0. The van der Waals surface area contributed by atoms with Crippen molar-refractivity contribution in [1.29, 1.82) is 0 Å². The van der Waals surface area contributed by atoms with Crippen molar-refractivity contribution in [1.82, 2.24) is 0 Å². The molecule has 0 aromatic rings. The lowest BCUT2D eigenvalue weighted by atomic mass is 10.2. The Bertz CT molecular complexity index is 390. The molecule has 0 unspecified atom stereocenters. The van der Waals surface area contributed by atoms with Crippen LogP contribution in [0.25, 0.3) is 0 Å². The molecule has 0 aromatic heterocycles. The zero-order valence-corrected chi connectivity index (χ0v) is 33.0. The van der Waals surface area contributed by atoms with E-state index in [1.54, 1.807) is 0 Å². The molecule has 0 saturated heterocycles. The molecule has 228 valence electrons. The van der Waals surface area contributed by atoms with Crippen LogP contribution in [0, 0.1) is 0 Å². The van der Waals surface area contributed by atoms with Crippen LogP contribution in [0.2, 0.25) is 0 Å². The van der Waals surface area contributed by atoms with Gasteiger partial charge in [0.05, 0.1) is 108 Å². The summed E-state index contributed by atoms with van der Waals surface area (Å²) in [4.78, 5) is 0. The smallest absolute Gasteiger partial charge is 0.0840 e. The maximum atomic E-state index is 2.35. The Morgan fingerprint density at radius 1 is 0.333 bits per heavy atom. The van der Waals surface area contributed by atoms with Crippen molar-refractivity contribution < 1.29 is 85.9 Å². The molecular weight excluding hydrogens is 712 g/mol. The summed E-state index contributed by atoms with van der Waals surface area (Å²) in [6.45, 7) is 27.3. The molecule has 0 radical (unpaired) electrons. The van der Waals surface area contributed by atoms with Gasteiger partial charge in [-0.15, -0.1) is 0 Å². The van der Waals surface area contributed by atoms with Gasteiger partial charge in [-0.2, -0.15) is 0 Å². The van der Waals surface area contributed by atoms with Gasteiger partial charge in [-0.25, -0.2) is 0 Å². The second-order valence-electron chi connectivity index (χ2n) is 12.3. The van der Waals surface area contributed by atoms with E-state index in [1.807, 2.05) is 0 Å². The van der Waals surface area contributed by atoms with Crippen LogP contribution < -0.4 is 67.9 Å². The molecule has 0 saturated carbocycles. The summed E-state index contributed by atoms with van der Waals surface area (Å²) in [5.74, 6) is 0. The van der Waals surface area contributed by atoms with Crippen molar-refractivity contribution in [3.8, 4) is 0 Å². The second kappa shape index (κ2) is 27.0. The minimum Gasteiger partial charge on any atom is -1.00 e. The largest absolute Gasteiger partial charge is 1.00 e. The quantitative estimate of drug-likeness (QED) is 0.122. The summed E-state index contributed by atoms with van der Waals surface area (Å²) < 4.78 is 4.85. The van der Waals surface area contributed by atoms with Gasteiger partial charge in [0.25, 0.3) is 0 Å². The van der Waals surface area contributed by atoms with Crippen LogP contribution >= 0.6 is 0 Å². The normalized spacial score (nSPS) is 11.7. The van der Waals surface area contributed by atoms with E-state index in [9.17, 15) is 0 Å². The molecule has 0 bridgehead atoms. The van der Waals surface area contributed by atoms with Gasteiger partial charge in [0, 0.05) is 12.8 Å². The Balaban J connectivity index is -0.000000112. The number of hydrogen-bond donors (Lipinski definition) is 0. The Hall–Kier alpha value is 1.76. The first kappa shape index (κ1) is 50.6. The highest BCUT2D eigenvalue weighted by atomic mass is 79.9. The minimum atomic E-state index is 0. The fourth-order valence-corrected chi connectivity index (χ4v) is 4.68. The van der Waals surface area contributed by atoms with Crippen LogP contribution in [0.4, 0.5) is 0 Å². The lowest BCUT2D eigenvalue weighted by molar-refractivity contribution is -0.930. The molecule has 4 nitrogen and oxygen atoms in total. The third-order valence-corrected chi connectivity index (χ3v) is 7.58. The van der Waals surface area contributed by atoms with Gasteiger partial charge in [-0.3, -0.25) is 0 Å². The lowest BCUT2D eigenvalue weighted by Crippen LogP contribution is -3.00. The Morgan fingerprint density at radius 3 is 0.722 bits per heavy atom. The summed E-state index contributed by atoms with van der Waals surface area (Å²) in [6.07, 6.45) is 8.13.